The van der Waals surface area contributed by atoms with Crippen molar-refractivity contribution in [2.24, 2.45) is 7.05 Å². The van der Waals surface area contributed by atoms with E-state index in [1.165, 1.54) is 6.08 Å². The van der Waals surface area contributed by atoms with Crippen LogP contribution in [0.1, 0.15) is 22.5 Å². The summed E-state index contributed by atoms with van der Waals surface area (Å²) in [6.07, 6.45) is 3.29. The standard InChI is InChI=1S/C22H23N3O2/c1-16-22(17(2)25(3)24-16)23-21(26)14-11-18-9-12-20(13-10-18)27-15-19-7-5-4-6-8-19/h4-14H,15H2,1-3H3,(H,23,26)/b14-11+. The lowest BCUT2D eigenvalue weighted by atomic mass is 10.2. The maximum Gasteiger partial charge on any atom is 0.248 e. The van der Waals surface area contributed by atoms with E-state index in [-0.39, 0.29) is 5.91 Å². The number of ether oxygens (including phenoxy) is 1. The molecule has 0 unspecified atom stereocenters. The fourth-order valence-corrected chi connectivity index (χ4v) is 2.71. The summed E-state index contributed by atoms with van der Waals surface area (Å²) < 4.78 is 7.52. The number of hydrogen-bond acceptors (Lipinski definition) is 3. The molecular weight excluding hydrogens is 338 g/mol. The Balaban J connectivity index is 1.56. The van der Waals surface area contributed by atoms with Gasteiger partial charge in [0.15, 0.2) is 0 Å². The average molecular weight is 361 g/mol. The second-order valence-corrected chi connectivity index (χ2v) is 6.34. The molecule has 0 aliphatic rings. The lowest BCUT2D eigenvalue weighted by molar-refractivity contribution is -0.111. The minimum Gasteiger partial charge on any atom is -0.489 e. The van der Waals surface area contributed by atoms with Gasteiger partial charge in [0.1, 0.15) is 12.4 Å². The van der Waals surface area contributed by atoms with Crippen molar-refractivity contribution in [2.75, 3.05) is 5.32 Å². The number of hydrogen-bond donors (Lipinski definition) is 1. The molecule has 0 atom stereocenters. The Hall–Kier alpha value is -3.34. The van der Waals surface area contributed by atoms with Gasteiger partial charge >= 0.3 is 0 Å². The van der Waals surface area contributed by atoms with Crippen LogP contribution in [0.15, 0.2) is 60.7 Å². The highest BCUT2D eigenvalue weighted by Crippen LogP contribution is 2.19. The van der Waals surface area contributed by atoms with Gasteiger partial charge in [-0.25, -0.2) is 0 Å². The predicted octanol–water partition coefficient (Wildman–Crippen LogP) is 4.27. The lowest BCUT2D eigenvalue weighted by Gasteiger charge is -2.06. The van der Waals surface area contributed by atoms with Crippen LogP contribution in [-0.2, 0) is 18.4 Å². The first-order chi connectivity index (χ1) is 13.0. The van der Waals surface area contributed by atoms with Gasteiger partial charge in [-0.1, -0.05) is 42.5 Å². The molecule has 1 heterocycles. The average Bonchev–Trinajstić information content (AvgIpc) is 2.92. The van der Waals surface area contributed by atoms with E-state index in [0.29, 0.717) is 6.61 Å². The number of carbonyl (C=O) groups excluding carboxylic acids is 1. The smallest absolute Gasteiger partial charge is 0.248 e. The Bertz CT molecular complexity index is 942. The molecule has 0 fully saturated rings. The molecule has 2 aromatic carbocycles. The van der Waals surface area contributed by atoms with Gasteiger partial charge in [0.25, 0.3) is 0 Å². The number of carbonyl (C=O) groups is 1. The van der Waals surface area contributed by atoms with Gasteiger partial charge in [0.2, 0.25) is 5.91 Å². The van der Waals surface area contributed by atoms with E-state index in [4.69, 9.17) is 4.74 Å². The quantitative estimate of drug-likeness (QED) is 0.667. The number of rotatable bonds is 6. The predicted molar refractivity (Wildman–Crippen MR) is 108 cm³/mol. The van der Waals surface area contributed by atoms with Gasteiger partial charge in [0.05, 0.1) is 17.1 Å². The number of amides is 1. The molecule has 0 saturated carbocycles. The summed E-state index contributed by atoms with van der Waals surface area (Å²) in [4.78, 5) is 12.2. The SMILES string of the molecule is Cc1nn(C)c(C)c1NC(=O)/C=C/c1ccc(OCc2ccccc2)cc1. The largest absolute Gasteiger partial charge is 0.489 e. The molecule has 138 valence electrons. The summed E-state index contributed by atoms with van der Waals surface area (Å²) in [5.41, 5.74) is 4.54. The first-order valence-electron chi connectivity index (χ1n) is 8.79. The summed E-state index contributed by atoms with van der Waals surface area (Å²) in [6, 6.07) is 17.7. The Labute approximate surface area is 159 Å². The van der Waals surface area contributed by atoms with Gasteiger partial charge < -0.3 is 10.1 Å². The molecule has 1 amide bonds. The Morgan fingerprint density at radius 3 is 2.44 bits per heavy atom. The number of nitrogens with one attached hydrogen (secondary N) is 1. The summed E-state index contributed by atoms with van der Waals surface area (Å²) in [5, 5.41) is 7.18. The first-order valence-corrected chi connectivity index (χ1v) is 8.79. The van der Waals surface area contributed by atoms with Crippen LogP contribution in [0.2, 0.25) is 0 Å². The van der Waals surface area contributed by atoms with Gasteiger partial charge in [-0.2, -0.15) is 5.10 Å². The van der Waals surface area contributed by atoms with Crippen molar-refractivity contribution >= 4 is 17.7 Å². The highest BCUT2D eigenvalue weighted by atomic mass is 16.5. The van der Waals surface area contributed by atoms with Crippen molar-refractivity contribution < 1.29 is 9.53 Å². The Morgan fingerprint density at radius 1 is 1.11 bits per heavy atom. The van der Waals surface area contributed by atoms with E-state index in [0.717, 1.165) is 34.0 Å². The second-order valence-electron chi connectivity index (χ2n) is 6.34. The molecule has 3 aromatic rings. The molecule has 27 heavy (non-hydrogen) atoms. The molecule has 5 nitrogen and oxygen atoms in total. The number of aryl methyl sites for hydroxylation is 2. The molecule has 1 aromatic heterocycles. The van der Waals surface area contributed by atoms with Crippen LogP contribution < -0.4 is 10.1 Å². The van der Waals surface area contributed by atoms with Crippen LogP contribution >= 0.6 is 0 Å². The van der Waals surface area contributed by atoms with Crippen LogP contribution in [0, 0.1) is 13.8 Å². The van der Waals surface area contributed by atoms with Gasteiger partial charge in [-0.15, -0.1) is 0 Å². The number of aromatic nitrogens is 2. The third-order valence-electron chi connectivity index (χ3n) is 4.31. The zero-order valence-electron chi connectivity index (χ0n) is 15.8. The third kappa shape index (κ3) is 4.85. The number of benzene rings is 2. The van der Waals surface area contributed by atoms with E-state index in [1.807, 2.05) is 75.5 Å². The van der Waals surface area contributed by atoms with Gasteiger partial charge in [-0.05, 0) is 43.2 Å². The molecule has 1 N–H and O–H groups in total. The molecule has 0 bridgehead atoms. The minimum atomic E-state index is -0.182. The maximum atomic E-state index is 12.2. The second kappa shape index (κ2) is 8.36. The van der Waals surface area contributed by atoms with Crippen LogP contribution in [0.5, 0.6) is 5.75 Å². The molecule has 0 radical (unpaired) electrons. The van der Waals surface area contributed by atoms with E-state index in [1.54, 1.807) is 10.8 Å². The van der Waals surface area contributed by atoms with E-state index in [9.17, 15) is 4.79 Å². The first kappa shape index (κ1) is 18.5. The van der Waals surface area contributed by atoms with E-state index in [2.05, 4.69) is 10.4 Å². The van der Waals surface area contributed by atoms with Crippen molar-refractivity contribution in [1.29, 1.82) is 0 Å². The maximum absolute atomic E-state index is 12.2. The molecule has 3 rings (SSSR count). The monoisotopic (exact) mass is 361 g/mol. The fourth-order valence-electron chi connectivity index (χ4n) is 2.71. The van der Waals surface area contributed by atoms with Crippen molar-refractivity contribution in [2.45, 2.75) is 20.5 Å². The topological polar surface area (TPSA) is 56.2 Å². The van der Waals surface area contributed by atoms with Crippen molar-refractivity contribution in [3.8, 4) is 5.75 Å². The van der Waals surface area contributed by atoms with E-state index < -0.39 is 0 Å². The molecular formula is C22H23N3O2. The summed E-state index contributed by atoms with van der Waals surface area (Å²) >= 11 is 0. The lowest BCUT2D eigenvalue weighted by Crippen LogP contribution is -2.09. The van der Waals surface area contributed by atoms with Crippen LogP contribution in [-0.4, -0.2) is 15.7 Å². The molecule has 5 heteroatoms. The van der Waals surface area contributed by atoms with Crippen LogP contribution in [0.3, 0.4) is 0 Å². The highest BCUT2D eigenvalue weighted by molar-refractivity contribution is 6.02. The van der Waals surface area contributed by atoms with E-state index >= 15 is 0 Å². The number of nitrogens with zero attached hydrogens (tertiary/aromatic N) is 2. The number of anilines is 1. The summed E-state index contributed by atoms with van der Waals surface area (Å²) in [5.74, 6) is 0.612. The van der Waals surface area contributed by atoms with Gasteiger partial charge in [0, 0.05) is 13.1 Å². The van der Waals surface area contributed by atoms with Crippen molar-refractivity contribution in [1.82, 2.24) is 9.78 Å². The molecule has 0 saturated heterocycles. The van der Waals surface area contributed by atoms with Crippen LogP contribution in [0.25, 0.3) is 6.08 Å². The van der Waals surface area contributed by atoms with Crippen molar-refractivity contribution in [3.05, 3.63) is 83.2 Å². The Kier molecular flexibility index (Phi) is 5.71. The zero-order chi connectivity index (χ0) is 19.2. The Morgan fingerprint density at radius 2 is 1.81 bits per heavy atom. The van der Waals surface area contributed by atoms with Crippen molar-refractivity contribution in [3.63, 3.8) is 0 Å². The molecule has 0 aliphatic carbocycles. The summed E-state index contributed by atoms with van der Waals surface area (Å²) in [6.45, 7) is 4.33. The minimum absolute atomic E-state index is 0.182. The van der Waals surface area contributed by atoms with Gasteiger partial charge in [-0.3, -0.25) is 9.48 Å². The molecule has 0 spiro atoms. The summed E-state index contributed by atoms with van der Waals surface area (Å²) in [7, 11) is 1.86. The zero-order valence-corrected chi connectivity index (χ0v) is 15.8. The van der Waals surface area contributed by atoms with Crippen LogP contribution in [0.4, 0.5) is 5.69 Å². The third-order valence-corrected chi connectivity index (χ3v) is 4.31. The fraction of sp³-hybridized carbons (Fsp3) is 0.182. The normalized spacial score (nSPS) is 10.9. The molecule has 0 aliphatic heterocycles. The highest BCUT2D eigenvalue weighted by Gasteiger charge is 2.10.